The van der Waals surface area contributed by atoms with Gasteiger partial charge in [0.1, 0.15) is 5.60 Å². The van der Waals surface area contributed by atoms with Crippen LogP contribution in [0.15, 0.2) is 0 Å². The average molecular weight is 145 g/mol. The van der Waals surface area contributed by atoms with Crippen molar-refractivity contribution in [2.75, 3.05) is 0 Å². The fourth-order valence-electron chi connectivity index (χ4n) is 0.379. The summed E-state index contributed by atoms with van der Waals surface area (Å²) in [4.78, 5) is 10.6. The van der Waals surface area contributed by atoms with Crippen LogP contribution in [0.2, 0.25) is 0 Å². The van der Waals surface area contributed by atoms with Crippen LogP contribution < -0.4 is 5.23 Å². The Labute approximate surface area is 60.9 Å². The van der Waals surface area contributed by atoms with Crippen molar-refractivity contribution in [3.05, 3.63) is 0 Å². The molecule has 0 atom stereocenters. The largest absolute Gasteiger partial charge is 0.445 e. The third-order valence-corrected chi connectivity index (χ3v) is 0.622. The van der Waals surface area contributed by atoms with E-state index >= 15 is 0 Å². The highest BCUT2D eigenvalue weighted by molar-refractivity contribution is 6.27. The van der Waals surface area contributed by atoms with Crippen molar-refractivity contribution < 1.29 is 14.6 Å². The van der Waals surface area contributed by atoms with Crippen molar-refractivity contribution in [3.63, 3.8) is 0 Å². The number of nitrogens with one attached hydrogen (secondary N) is 1. The van der Waals surface area contributed by atoms with Crippen LogP contribution in [0.3, 0.4) is 0 Å². The molecule has 4 nitrogen and oxygen atoms in total. The second-order valence-electron chi connectivity index (χ2n) is 2.84. The molecule has 0 saturated carbocycles. The highest BCUT2D eigenvalue weighted by Crippen LogP contribution is 2.05. The van der Waals surface area contributed by atoms with E-state index in [4.69, 9.17) is 9.76 Å². The van der Waals surface area contributed by atoms with Crippen LogP contribution in [-0.2, 0) is 4.74 Å². The monoisotopic (exact) mass is 145 g/mol. The molecule has 10 heavy (non-hydrogen) atoms. The van der Waals surface area contributed by atoms with Gasteiger partial charge in [-0.15, -0.1) is 0 Å². The smallest absolute Gasteiger partial charge is 0.397 e. The van der Waals surface area contributed by atoms with Gasteiger partial charge in [-0.1, -0.05) is 0 Å². The summed E-state index contributed by atoms with van der Waals surface area (Å²) in [5.41, 5.74) is -0.501. The minimum absolute atomic E-state index is 0.394. The molecule has 0 fully saturated rings. The van der Waals surface area contributed by atoms with Crippen molar-refractivity contribution in [2.24, 2.45) is 0 Å². The van der Waals surface area contributed by atoms with Gasteiger partial charge in [-0.25, -0.2) is 4.79 Å². The number of amides is 1. The third kappa shape index (κ3) is 5.43. The van der Waals surface area contributed by atoms with Crippen LogP contribution in [0.1, 0.15) is 20.8 Å². The molecule has 0 aliphatic heterocycles. The summed E-state index contributed by atoms with van der Waals surface area (Å²) >= 11 is 0. The Kier molecular flexibility index (Phi) is 3.22. The Morgan fingerprint density at radius 3 is 2.40 bits per heavy atom. The predicted octanol–water partition coefficient (Wildman–Crippen LogP) is -0.230. The maximum absolute atomic E-state index is 10.6. The van der Waals surface area contributed by atoms with E-state index in [9.17, 15) is 4.79 Å². The second-order valence-corrected chi connectivity index (χ2v) is 2.84. The van der Waals surface area contributed by atoms with Crippen molar-refractivity contribution in [1.29, 1.82) is 0 Å². The van der Waals surface area contributed by atoms with Crippen molar-refractivity contribution >= 4 is 13.7 Å². The molecule has 0 bridgehead atoms. The number of hydrogen-bond donors (Lipinski definition) is 2. The number of rotatable bonds is 1. The summed E-state index contributed by atoms with van der Waals surface area (Å²) in [5.74, 6) is 0. The average Bonchev–Trinajstić information content (AvgIpc) is 1.59. The first-order valence-corrected chi connectivity index (χ1v) is 3.03. The van der Waals surface area contributed by atoms with Gasteiger partial charge in [0.25, 0.3) is 0 Å². The van der Waals surface area contributed by atoms with Gasteiger partial charge in [0.05, 0.1) is 0 Å². The van der Waals surface area contributed by atoms with Crippen LogP contribution >= 0.6 is 0 Å². The van der Waals surface area contributed by atoms with E-state index < -0.39 is 19.3 Å². The molecule has 58 valence electrons. The first kappa shape index (κ1) is 9.29. The molecule has 5 heteroatoms. The summed E-state index contributed by atoms with van der Waals surface area (Å²) in [5, 5.41) is 10.3. The van der Waals surface area contributed by atoms with Gasteiger partial charge in [-0.3, -0.25) is 0 Å². The van der Waals surface area contributed by atoms with E-state index in [1.807, 2.05) is 0 Å². The van der Waals surface area contributed by atoms with Gasteiger partial charge in [0.2, 0.25) is 0 Å². The minimum Gasteiger partial charge on any atom is -0.445 e. The molecule has 1 amide bonds. The van der Waals surface area contributed by atoms with Gasteiger partial charge in [-0.05, 0) is 20.8 Å². The molecule has 0 aromatic heterocycles. The Balaban J connectivity index is 3.58. The summed E-state index contributed by atoms with van der Waals surface area (Å²) < 4.78 is 4.77. The van der Waals surface area contributed by atoms with Gasteiger partial charge in [-0.2, -0.15) is 0 Å². The van der Waals surface area contributed by atoms with Gasteiger partial charge < -0.3 is 15.0 Å². The maximum Gasteiger partial charge on any atom is 0.397 e. The molecule has 0 radical (unpaired) electrons. The van der Waals surface area contributed by atoms with Crippen molar-refractivity contribution in [1.82, 2.24) is 5.23 Å². The van der Waals surface area contributed by atoms with E-state index in [0.29, 0.717) is 0 Å². The molecule has 0 aromatic carbocycles. The van der Waals surface area contributed by atoms with Crippen molar-refractivity contribution in [2.45, 2.75) is 26.4 Å². The molecule has 0 aliphatic rings. The quantitative estimate of drug-likeness (QED) is 0.501. The Hall–Kier alpha value is -0.705. The minimum atomic E-state index is -0.602. The first-order chi connectivity index (χ1) is 4.45. The molecule has 0 saturated heterocycles. The molecule has 0 aromatic rings. The Morgan fingerprint density at radius 2 is 2.10 bits per heavy atom. The fraction of sp³-hybridized carbons (Fsp3) is 0.800. The number of hydrogen-bond acceptors (Lipinski definition) is 3. The van der Waals surface area contributed by atoms with Crippen molar-refractivity contribution in [3.8, 4) is 0 Å². The summed E-state index contributed by atoms with van der Waals surface area (Å²) in [6, 6.07) is 0. The summed E-state index contributed by atoms with van der Waals surface area (Å²) in [6.07, 6.45) is -0.602. The van der Waals surface area contributed by atoms with E-state index in [1.54, 1.807) is 20.8 Å². The molecule has 0 rings (SSSR count). The molecular weight excluding hydrogens is 133 g/mol. The lowest BCUT2D eigenvalue weighted by Crippen LogP contribution is -2.34. The summed E-state index contributed by atoms with van der Waals surface area (Å²) in [7, 11) is -0.394. The zero-order valence-electron chi connectivity index (χ0n) is 6.47. The van der Waals surface area contributed by atoms with E-state index in [-0.39, 0.29) is 0 Å². The highest BCUT2D eigenvalue weighted by atomic mass is 16.6. The molecule has 0 aliphatic carbocycles. The first-order valence-electron chi connectivity index (χ1n) is 3.03. The second kappa shape index (κ2) is 3.46. The lowest BCUT2D eigenvalue weighted by molar-refractivity contribution is 0.0564. The lowest BCUT2D eigenvalue weighted by atomic mass is 10.2. The topological polar surface area (TPSA) is 58.6 Å². The molecule has 0 heterocycles. The zero-order chi connectivity index (χ0) is 8.20. The fourth-order valence-corrected chi connectivity index (χ4v) is 0.379. The van der Waals surface area contributed by atoms with E-state index in [0.717, 1.165) is 0 Å². The SMILES string of the molecule is CC(C)(C)OC(=O)NBO. The van der Waals surface area contributed by atoms with E-state index in [2.05, 4.69) is 5.23 Å². The summed E-state index contributed by atoms with van der Waals surface area (Å²) in [6.45, 7) is 5.26. The zero-order valence-corrected chi connectivity index (χ0v) is 6.47. The van der Waals surface area contributed by atoms with Crippen LogP contribution in [-0.4, -0.2) is 24.3 Å². The molecule has 0 spiro atoms. The number of carbonyl (C=O) groups excluding carboxylic acids is 1. The van der Waals surface area contributed by atoms with E-state index in [1.165, 1.54) is 0 Å². The van der Waals surface area contributed by atoms with Gasteiger partial charge in [0, 0.05) is 0 Å². The third-order valence-electron chi connectivity index (χ3n) is 0.622. The van der Waals surface area contributed by atoms with Gasteiger partial charge in [0.15, 0.2) is 0 Å². The number of ether oxygens (including phenoxy) is 1. The normalized spacial score (nSPS) is 10.4. The molecule has 0 unspecified atom stereocenters. The van der Waals surface area contributed by atoms with Crippen LogP contribution in [0.4, 0.5) is 4.79 Å². The van der Waals surface area contributed by atoms with Crippen LogP contribution in [0.5, 0.6) is 0 Å². The standard InChI is InChI=1S/C5H12BNO3/c1-5(2,3)10-4(8)7-6-9/h6,9H,1-3H3,(H,7,8). The highest BCUT2D eigenvalue weighted by Gasteiger charge is 2.14. The van der Waals surface area contributed by atoms with Gasteiger partial charge >= 0.3 is 13.7 Å². The maximum atomic E-state index is 10.6. The lowest BCUT2D eigenvalue weighted by Gasteiger charge is -2.18. The van der Waals surface area contributed by atoms with Crippen LogP contribution in [0.25, 0.3) is 0 Å². The van der Waals surface area contributed by atoms with Crippen LogP contribution in [0, 0.1) is 0 Å². The Bertz CT molecular complexity index is 121. The predicted molar refractivity (Wildman–Crippen MR) is 38.7 cm³/mol. The Morgan fingerprint density at radius 1 is 1.60 bits per heavy atom. The molecular formula is C5H12BNO3. The molecule has 2 N–H and O–H groups in total. The number of carbonyl (C=O) groups is 1.